The number of nitrogens with one attached hydrogen (secondary N) is 1. The van der Waals surface area contributed by atoms with E-state index in [1.165, 1.54) is 18.2 Å². The summed E-state index contributed by atoms with van der Waals surface area (Å²) < 4.78 is 5.57. The maximum absolute atomic E-state index is 12.6. The number of hydrogen-bond acceptors (Lipinski definition) is 5. The zero-order valence-corrected chi connectivity index (χ0v) is 18.5. The number of carbonyl (C=O) groups excluding carboxylic acids is 2. The van der Waals surface area contributed by atoms with Crippen molar-refractivity contribution in [3.8, 4) is 11.1 Å². The third-order valence-electron chi connectivity index (χ3n) is 6.52. The Kier molecular flexibility index (Phi) is 6.93. The first-order chi connectivity index (χ1) is 16.0. The molecule has 1 saturated carbocycles. The molecule has 0 heterocycles. The molecule has 0 bridgehead atoms. The lowest BCUT2D eigenvalue weighted by molar-refractivity contribution is -0.190. The van der Waals surface area contributed by atoms with E-state index in [1.54, 1.807) is 0 Å². The predicted molar refractivity (Wildman–Crippen MR) is 120 cm³/mol. The van der Waals surface area contributed by atoms with Gasteiger partial charge in [-0.05, 0) is 41.0 Å². The lowest BCUT2D eigenvalue weighted by Gasteiger charge is -2.24. The van der Waals surface area contributed by atoms with Crippen LogP contribution in [0.5, 0.6) is 0 Å². The number of amides is 2. The topological polar surface area (TPSA) is 105 Å². The van der Waals surface area contributed by atoms with Gasteiger partial charge in [0.1, 0.15) is 6.61 Å². The molecule has 0 radical (unpaired) electrons. The van der Waals surface area contributed by atoms with Crippen molar-refractivity contribution in [3.63, 3.8) is 0 Å². The zero-order chi connectivity index (χ0) is 23.4. The van der Waals surface area contributed by atoms with Crippen LogP contribution in [-0.4, -0.2) is 54.9 Å². The van der Waals surface area contributed by atoms with Gasteiger partial charge in [-0.15, -0.1) is 0 Å². The number of ether oxygens (including phenoxy) is 1. The number of alkyl carbamates (subject to hydrolysis) is 1. The van der Waals surface area contributed by atoms with Gasteiger partial charge in [-0.3, -0.25) is 9.63 Å². The molecule has 2 aromatic rings. The summed E-state index contributed by atoms with van der Waals surface area (Å²) in [6.45, 7) is -0.0177. The van der Waals surface area contributed by atoms with Crippen molar-refractivity contribution in [2.24, 2.45) is 11.8 Å². The molecule has 2 N–H and O–H groups in total. The number of nitrogens with zero attached hydrogens (tertiary/aromatic N) is 1. The summed E-state index contributed by atoms with van der Waals surface area (Å²) in [5.74, 6) is -1.79. The van der Waals surface area contributed by atoms with Crippen LogP contribution in [0.4, 0.5) is 4.79 Å². The Labute approximate surface area is 192 Å². The van der Waals surface area contributed by atoms with Crippen molar-refractivity contribution in [2.75, 3.05) is 26.8 Å². The number of rotatable bonds is 8. The lowest BCUT2D eigenvalue weighted by atomic mass is 9.95. The van der Waals surface area contributed by atoms with Crippen LogP contribution in [0.3, 0.4) is 0 Å². The first kappa shape index (κ1) is 22.8. The highest BCUT2D eigenvalue weighted by atomic mass is 16.7. The van der Waals surface area contributed by atoms with E-state index in [1.807, 2.05) is 24.3 Å². The van der Waals surface area contributed by atoms with Crippen LogP contribution >= 0.6 is 0 Å². The van der Waals surface area contributed by atoms with E-state index in [0.29, 0.717) is 13.0 Å². The highest BCUT2D eigenvalue weighted by Crippen LogP contribution is 2.44. The van der Waals surface area contributed by atoms with Gasteiger partial charge in [-0.2, -0.15) is 0 Å². The zero-order valence-electron chi connectivity index (χ0n) is 18.5. The molecule has 174 valence electrons. The van der Waals surface area contributed by atoms with E-state index in [9.17, 15) is 14.4 Å². The Morgan fingerprint density at radius 1 is 1.03 bits per heavy atom. The van der Waals surface area contributed by atoms with E-state index >= 15 is 0 Å². The first-order valence-electron chi connectivity index (χ1n) is 11.2. The highest BCUT2D eigenvalue weighted by Gasteiger charge is 2.36. The van der Waals surface area contributed by atoms with Crippen LogP contribution in [0, 0.1) is 11.8 Å². The van der Waals surface area contributed by atoms with Crippen molar-refractivity contribution >= 4 is 18.0 Å². The molecule has 1 fully saturated rings. The molecule has 2 aliphatic carbocycles. The molecular weight excluding hydrogens is 424 g/mol. The normalized spacial score (nSPS) is 18.9. The van der Waals surface area contributed by atoms with E-state index in [2.05, 4.69) is 29.6 Å². The summed E-state index contributed by atoms with van der Waals surface area (Å²) in [7, 11) is 1.42. The van der Waals surface area contributed by atoms with E-state index < -0.39 is 18.7 Å². The quantitative estimate of drug-likeness (QED) is 0.595. The fourth-order valence-corrected chi connectivity index (χ4v) is 4.92. The van der Waals surface area contributed by atoms with Gasteiger partial charge in [0, 0.05) is 25.4 Å². The number of hydroxylamine groups is 2. The third-order valence-corrected chi connectivity index (χ3v) is 6.52. The Morgan fingerprint density at radius 3 is 2.30 bits per heavy atom. The molecule has 8 heteroatoms. The van der Waals surface area contributed by atoms with Crippen LogP contribution in [0.1, 0.15) is 36.3 Å². The Hall–Kier alpha value is -3.39. The standard InChI is InChI=1S/C25H28N2O6/c1-27(33-15-23(28)29)24(30)17-12-6-7-16(17)13-26-25(31)32-14-22-20-10-4-2-8-18(20)19-9-3-5-11-21(19)22/h2-5,8-11,16-17,22H,6-7,12-15H2,1H3,(H,26,31)(H,28,29)/t16-,17-/m1/s1. The number of carboxylic acid groups (broad SMARTS) is 1. The van der Waals surface area contributed by atoms with E-state index in [-0.39, 0.29) is 30.3 Å². The van der Waals surface area contributed by atoms with Gasteiger partial charge in [-0.25, -0.2) is 14.7 Å². The van der Waals surface area contributed by atoms with Gasteiger partial charge in [0.25, 0.3) is 0 Å². The number of carboxylic acids is 1. The average molecular weight is 453 g/mol. The van der Waals surface area contributed by atoms with Crippen LogP contribution < -0.4 is 5.32 Å². The Bertz CT molecular complexity index is 994. The van der Waals surface area contributed by atoms with Crippen LogP contribution in [0.2, 0.25) is 0 Å². The lowest BCUT2D eigenvalue weighted by Crippen LogP contribution is -2.39. The molecule has 0 aliphatic heterocycles. The molecule has 2 aromatic carbocycles. The number of benzene rings is 2. The van der Waals surface area contributed by atoms with Gasteiger partial charge in [0.05, 0.1) is 0 Å². The van der Waals surface area contributed by atoms with E-state index in [4.69, 9.17) is 14.7 Å². The molecule has 8 nitrogen and oxygen atoms in total. The van der Waals surface area contributed by atoms with Gasteiger partial charge in [0.2, 0.25) is 5.91 Å². The van der Waals surface area contributed by atoms with Gasteiger partial charge >= 0.3 is 12.1 Å². The van der Waals surface area contributed by atoms with Crippen LogP contribution in [0.15, 0.2) is 48.5 Å². The maximum Gasteiger partial charge on any atom is 0.407 e. The molecule has 2 amide bonds. The molecule has 0 unspecified atom stereocenters. The number of fused-ring (bicyclic) bond motifs is 3. The molecule has 0 saturated heterocycles. The molecule has 33 heavy (non-hydrogen) atoms. The average Bonchev–Trinajstić information content (AvgIpc) is 3.42. The molecular formula is C25H28N2O6. The van der Waals surface area contributed by atoms with Crippen LogP contribution in [0.25, 0.3) is 11.1 Å². The maximum atomic E-state index is 12.6. The predicted octanol–water partition coefficient (Wildman–Crippen LogP) is 3.42. The van der Waals surface area contributed by atoms with Crippen molar-refractivity contribution in [1.29, 1.82) is 0 Å². The number of aliphatic carboxylic acids is 1. The van der Waals surface area contributed by atoms with Gasteiger partial charge in [0.15, 0.2) is 6.61 Å². The van der Waals surface area contributed by atoms with Crippen molar-refractivity contribution < 1.29 is 29.1 Å². The Morgan fingerprint density at radius 2 is 1.67 bits per heavy atom. The first-order valence-corrected chi connectivity index (χ1v) is 11.2. The number of carbonyl (C=O) groups is 3. The van der Waals surface area contributed by atoms with Crippen molar-refractivity contribution in [2.45, 2.75) is 25.2 Å². The molecule has 0 aromatic heterocycles. The van der Waals surface area contributed by atoms with Crippen molar-refractivity contribution in [3.05, 3.63) is 59.7 Å². The summed E-state index contributed by atoms with van der Waals surface area (Å²) in [5, 5.41) is 12.5. The number of hydrogen-bond donors (Lipinski definition) is 2. The summed E-state index contributed by atoms with van der Waals surface area (Å²) >= 11 is 0. The second kappa shape index (κ2) is 10.0. The molecule has 0 spiro atoms. The Balaban J connectivity index is 1.30. The summed E-state index contributed by atoms with van der Waals surface area (Å²) in [5.41, 5.74) is 4.64. The minimum Gasteiger partial charge on any atom is -0.479 e. The minimum atomic E-state index is -1.14. The molecule has 2 aliphatic rings. The minimum absolute atomic E-state index is 0.0102. The third kappa shape index (κ3) is 5.01. The van der Waals surface area contributed by atoms with Gasteiger partial charge < -0.3 is 15.2 Å². The van der Waals surface area contributed by atoms with Crippen molar-refractivity contribution in [1.82, 2.24) is 10.4 Å². The second-order valence-electron chi connectivity index (χ2n) is 8.51. The monoisotopic (exact) mass is 452 g/mol. The second-order valence-corrected chi connectivity index (χ2v) is 8.51. The summed E-state index contributed by atoms with van der Waals surface area (Å²) in [6.07, 6.45) is 1.83. The fourth-order valence-electron chi connectivity index (χ4n) is 4.92. The highest BCUT2D eigenvalue weighted by molar-refractivity contribution is 5.80. The SMILES string of the molecule is CN(OCC(=O)O)C(=O)[C@@H]1CCC[C@@H]1CNC(=O)OCC1c2ccccc2-c2ccccc21. The molecule has 2 atom stereocenters. The summed E-state index contributed by atoms with van der Waals surface area (Å²) in [6, 6.07) is 16.3. The van der Waals surface area contributed by atoms with E-state index in [0.717, 1.165) is 29.0 Å². The van der Waals surface area contributed by atoms with Gasteiger partial charge in [-0.1, -0.05) is 55.0 Å². The summed E-state index contributed by atoms with van der Waals surface area (Å²) in [4.78, 5) is 40.7. The smallest absolute Gasteiger partial charge is 0.407 e. The fraction of sp³-hybridized carbons (Fsp3) is 0.400. The largest absolute Gasteiger partial charge is 0.479 e. The molecule has 4 rings (SSSR count). The van der Waals surface area contributed by atoms with Crippen LogP contribution in [-0.2, 0) is 19.2 Å².